The molecule has 0 aliphatic rings. The standard InChI is InChI=1S/C11H16BrNO3S/c1-16-6-3-7-17(14,15)13-9-10-4-2-5-11(12)8-10/h2,4-5,8,13H,3,6-7,9H2,1H3. The van der Waals surface area contributed by atoms with Crippen molar-refractivity contribution in [2.75, 3.05) is 19.5 Å². The smallest absolute Gasteiger partial charge is 0.211 e. The number of ether oxygens (including phenoxy) is 1. The highest BCUT2D eigenvalue weighted by atomic mass is 79.9. The van der Waals surface area contributed by atoms with Gasteiger partial charge in [0.15, 0.2) is 0 Å². The third kappa shape index (κ3) is 6.16. The van der Waals surface area contributed by atoms with Crippen molar-refractivity contribution < 1.29 is 13.2 Å². The van der Waals surface area contributed by atoms with Gasteiger partial charge in [-0.15, -0.1) is 0 Å². The SMILES string of the molecule is COCCCS(=O)(=O)NCc1cccc(Br)c1. The fraction of sp³-hybridized carbons (Fsp3) is 0.455. The summed E-state index contributed by atoms with van der Waals surface area (Å²) in [5.74, 6) is 0.0921. The number of nitrogens with one attached hydrogen (secondary N) is 1. The Hall–Kier alpha value is -0.430. The van der Waals surface area contributed by atoms with Gasteiger partial charge in [-0.05, 0) is 24.1 Å². The van der Waals surface area contributed by atoms with Gasteiger partial charge in [0.05, 0.1) is 5.75 Å². The van der Waals surface area contributed by atoms with Crippen molar-refractivity contribution in [2.24, 2.45) is 0 Å². The lowest BCUT2D eigenvalue weighted by Crippen LogP contribution is -2.26. The maximum atomic E-state index is 11.6. The first-order chi connectivity index (χ1) is 8.03. The zero-order chi connectivity index (χ0) is 12.7. The lowest BCUT2D eigenvalue weighted by molar-refractivity contribution is 0.199. The van der Waals surface area contributed by atoms with Crippen LogP contribution in [0.3, 0.4) is 0 Å². The highest BCUT2D eigenvalue weighted by molar-refractivity contribution is 9.10. The largest absolute Gasteiger partial charge is 0.385 e. The second kappa shape index (κ2) is 7.10. The zero-order valence-electron chi connectivity index (χ0n) is 9.65. The molecule has 0 amide bonds. The van der Waals surface area contributed by atoms with E-state index < -0.39 is 10.0 Å². The van der Waals surface area contributed by atoms with E-state index >= 15 is 0 Å². The topological polar surface area (TPSA) is 55.4 Å². The van der Waals surface area contributed by atoms with E-state index in [9.17, 15) is 8.42 Å². The van der Waals surface area contributed by atoms with Crippen LogP contribution in [0, 0.1) is 0 Å². The van der Waals surface area contributed by atoms with Crippen molar-refractivity contribution in [1.29, 1.82) is 0 Å². The molecule has 0 atom stereocenters. The second-order valence-corrected chi connectivity index (χ2v) is 6.46. The molecule has 0 unspecified atom stereocenters. The maximum absolute atomic E-state index is 11.6. The van der Waals surface area contributed by atoms with E-state index in [1.807, 2.05) is 24.3 Å². The molecule has 1 rings (SSSR count). The highest BCUT2D eigenvalue weighted by Gasteiger charge is 2.09. The summed E-state index contributed by atoms with van der Waals surface area (Å²) in [5.41, 5.74) is 0.926. The molecule has 1 N–H and O–H groups in total. The summed E-state index contributed by atoms with van der Waals surface area (Å²) in [7, 11) is -1.65. The molecule has 0 spiro atoms. The van der Waals surface area contributed by atoms with Crippen molar-refractivity contribution in [1.82, 2.24) is 4.72 Å². The molecule has 17 heavy (non-hydrogen) atoms. The zero-order valence-corrected chi connectivity index (χ0v) is 12.1. The minimum Gasteiger partial charge on any atom is -0.385 e. The van der Waals surface area contributed by atoms with Crippen LogP contribution in [0.1, 0.15) is 12.0 Å². The maximum Gasteiger partial charge on any atom is 0.211 e. The van der Waals surface area contributed by atoms with Gasteiger partial charge >= 0.3 is 0 Å². The van der Waals surface area contributed by atoms with Gasteiger partial charge in [-0.25, -0.2) is 13.1 Å². The van der Waals surface area contributed by atoms with Crippen LogP contribution in [-0.4, -0.2) is 27.9 Å². The summed E-state index contributed by atoms with van der Waals surface area (Å²) in [5, 5.41) is 0. The number of halogens is 1. The van der Waals surface area contributed by atoms with Crippen LogP contribution in [0.4, 0.5) is 0 Å². The van der Waals surface area contributed by atoms with Gasteiger partial charge in [0, 0.05) is 24.7 Å². The third-order valence-corrected chi connectivity index (χ3v) is 4.05. The molecule has 0 aliphatic carbocycles. The van der Waals surface area contributed by atoms with Crippen molar-refractivity contribution >= 4 is 26.0 Å². The van der Waals surface area contributed by atoms with Gasteiger partial charge in [-0.2, -0.15) is 0 Å². The molecule has 0 bridgehead atoms. The normalized spacial score (nSPS) is 11.6. The molecule has 0 heterocycles. The van der Waals surface area contributed by atoms with Crippen LogP contribution in [0.5, 0.6) is 0 Å². The van der Waals surface area contributed by atoms with Crippen molar-refractivity contribution in [3.8, 4) is 0 Å². The molecular weight excluding hydrogens is 306 g/mol. The number of hydrogen-bond donors (Lipinski definition) is 1. The molecule has 0 saturated heterocycles. The van der Waals surface area contributed by atoms with E-state index in [0.29, 0.717) is 19.6 Å². The Morgan fingerprint density at radius 3 is 2.82 bits per heavy atom. The van der Waals surface area contributed by atoms with E-state index in [4.69, 9.17) is 4.74 Å². The minimum absolute atomic E-state index is 0.0921. The Labute approximate surface area is 111 Å². The first kappa shape index (κ1) is 14.6. The van der Waals surface area contributed by atoms with Gasteiger partial charge in [-0.3, -0.25) is 0 Å². The molecule has 4 nitrogen and oxygen atoms in total. The fourth-order valence-corrected chi connectivity index (χ4v) is 2.78. The quantitative estimate of drug-likeness (QED) is 0.780. The number of sulfonamides is 1. The van der Waals surface area contributed by atoms with Crippen LogP contribution in [0.15, 0.2) is 28.7 Å². The molecule has 0 aliphatic heterocycles. The molecule has 0 saturated carbocycles. The predicted molar refractivity (Wildman–Crippen MR) is 71.3 cm³/mol. The van der Waals surface area contributed by atoms with Crippen LogP contribution in [0.2, 0.25) is 0 Å². The Balaban J connectivity index is 2.44. The van der Waals surface area contributed by atoms with Crippen LogP contribution in [-0.2, 0) is 21.3 Å². The lowest BCUT2D eigenvalue weighted by atomic mass is 10.2. The average Bonchev–Trinajstić information content (AvgIpc) is 2.27. The molecular formula is C11H16BrNO3S. The highest BCUT2D eigenvalue weighted by Crippen LogP contribution is 2.11. The third-order valence-electron chi connectivity index (χ3n) is 2.15. The fourth-order valence-electron chi connectivity index (χ4n) is 1.31. The van der Waals surface area contributed by atoms with Crippen molar-refractivity contribution in [2.45, 2.75) is 13.0 Å². The molecule has 96 valence electrons. The van der Waals surface area contributed by atoms with E-state index in [1.165, 1.54) is 0 Å². The van der Waals surface area contributed by atoms with Crippen molar-refractivity contribution in [3.05, 3.63) is 34.3 Å². The number of rotatable bonds is 7. The molecule has 0 fully saturated rings. The van der Waals surface area contributed by atoms with E-state index in [0.717, 1.165) is 10.0 Å². The second-order valence-electron chi connectivity index (χ2n) is 3.62. The van der Waals surface area contributed by atoms with Gasteiger partial charge in [-0.1, -0.05) is 28.1 Å². The molecule has 1 aromatic rings. The summed E-state index contributed by atoms with van der Waals surface area (Å²) >= 11 is 3.34. The lowest BCUT2D eigenvalue weighted by Gasteiger charge is -2.06. The predicted octanol–water partition coefficient (Wildman–Crippen LogP) is 1.90. The van der Waals surface area contributed by atoms with Crippen LogP contribution >= 0.6 is 15.9 Å². The Morgan fingerprint density at radius 1 is 1.41 bits per heavy atom. The first-order valence-corrected chi connectivity index (χ1v) is 7.69. The van der Waals surface area contributed by atoms with E-state index in [1.54, 1.807) is 7.11 Å². The summed E-state index contributed by atoms with van der Waals surface area (Å²) in [6.07, 6.45) is 0.504. The molecule has 6 heteroatoms. The van der Waals surface area contributed by atoms with E-state index in [2.05, 4.69) is 20.7 Å². The summed E-state index contributed by atoms with van der Waals surface area (Å²) in [6, 6.07) is 7.54. The Morgan fingerprint density at radius 2 is 2.18 bits per heavy atom. The summed E-state index contributed by atoms with van der Waals surface area (Å²) in [4.78, 5) is 0. The average molecular weight is 322 g/mol. The van der Waals surface area contributed by atoms with Gasteiger partial charge in [0.25, 0.3) is 0 Å². The molecule has 0 radical (unpaired) electrons. The van der Waals surface area contributed by atoms with Gasteiger partial charge in [0.2, 0.25) is 10.0 Å². The minimum atomic E-state index is -3.21. The monoisotopic (exact) mass is 321 g/mol. The Kier molecular flexibility index (Phi) is 6.11. The van der Waals surface area contributed by atoms with Crippen LogP contribution in [0.25, 0.3) is 0 Å². The number of benzene rings is 1. The number of hydrogen-bond acceptors (Lipinski definition) is 3. The van der Waals surface area contributed by atoms with Crippen molar-refractivity contribution in [3.63, 3.8) is 0 Å². The Bertz CT molecular complexity index is 448. The van der Waals surface area contributed by atoms with Gasteiger partial charge in [0.1, 0.15) is 0 Å². The first-order valence-electron chi connectivity index (χ1n) is 5.24. The summed E-state index contributed by atoms with van der Waals surface area (Å²) in [6.45, 7) is 0.770. The number of methoxy groups -OCH3 is 1. The van der Waals surface area contributed by atoms with Crippen LogP contribution < -0.4 is 4.72 Å². The summed E-state index contributed by atoms with van der Waals surface area (Å²) < 4.78 is 31.5. The van der Waals surface area contributed by atoms with E-state index in [-0.39, 0.29) is 5.75 Å². The molecule has 1 aromatic carbocycles. The molecule has 0 aromatic heterocycles. The van der Waals surface area contributed by atoms with Gasteiger partial charge < -0.3 is 4.74 Å².